The Labute approximate surface area is 83.7 Å². The fourth-order valence-electron chi connectivity index (χ4n) is 1.82. The average Bonchev–Trinajstić information content (AvgIpc) is 2.16. The molecule has 0 spiro atoms. The lowest BCUT2D eigenvalue weighted by molar-refractivity contribution is -0.132. The van der Waals surface area contributed by atoms with Crippen molar-refractivity contribution >= 4 is 17.5 Å². The maximum absolute atomic E-state index is 11.2. The highest BCUT2D eigenvalue weighted by Crippen LogP contribution is 2.22. The minimum atomic E-state index is -0.370. The Morgan fingerprint density at radius 2 is 2.15 bits per heavy atom. The number of carbonyl (C=O) groups is 1. The molecule has 0 aromatic heterocycles. The molecule has 2 unspecified atom stereocenters. The van der Waals surface area contributed by atoms with Gasteiger partial charge in [-0.3, -0.25) is 4.79 Å². The summed E-state index contributed by atoms with van der Waals surface area (Å²) in [4.78, 5) is 12.8. The molecule has 0 aromatic carbocycles. The zero-order valence-corrected chi connectivity index (χ0v) is 8.63. The van der Waals surface area contributed by atoms with Crippen molar-refractivity contribution in [3.05, 3.63) is 0 Å². The SMILES string of the molecule is CN(C(=O)CCl)C1CCCCC1O. The second-order valence-electron chi connectivity index (χ2n) is 3.56. The summed E-state index contributed by atoms with van der Waals surface area (Å²) in [6.45, 7) is 0. The average molecular weight is 206 g/mol. The molecule has 76 valence electrons. The molecule has 1 amide bonds. The first kappa shape index (κ1) is 10.8. The van der Waals surface area contributed by atoms with Crippen molar-refractivity contribution in [1.82, 2.24) is 4.90 Å². The minimum absolute atomic E-state index is 0.000278. The summed E-state index contributed by atoms with van der Waals surface area (Å²) in [5.74, 6) is -0.104. The van der Waals surface area contributed by atoms with Gasteiger partial charge in [0.15, 0.2) is 0 Å². The van der Waals surface area contributed by atoms with E-state index >= 15 is 0 Å². The van der Waals surface area contributed by atoms with Gasteiger partial charge < -0.3 is 10.0 Å². The number of hydrogen-bond donors (Lipinski definition) is 1. The summed E-state index contributed by atoms with van der Waals surface area (Å²) in [6.07, 6.45) is 3.46. The standard InChI is InChI=1S/C9H16ClNO2/c1-11(9(13)6-10)7-4-2-3-5-8(7)12/h7-8,12H,2-6H2,1H3. The van der Waals surface area contributed by atoms with Crippen molar-refractivity contribution in [2.45, 2.75) is 37.8 Å². The molecule has 0 aliphatic heterocycles. The Morgan fingerprint density at radius 1 is 1.54 bits per heavy atom. The first-order chi connectivity index (χ1) is 6.16. The smallest absolute Gasteiger partial charge is 0.237 e. The van der Waals surface area contributed by atoms with E-state index in [1.54, 1.807) is 11.9 Å². The van der Waals surface area contributed by atoms with Crippen molar-refractivity contribution in [1.29, 1.82) is 0 Å². The first-order valence-corrected chi connectivity index (χ1v) is 5.20. The van der Waals surface area contributed by atoms with E-state index in [0.29, 0.717) is 0 Å². The van der Waals surface area contributed by atoms with Crippen molar-refractivity contribution in [3.8, 4) is 0 Å². The van der Waals surface area contributed by atoms with E-state index in [2.05, 4.69) is 0 Å². The summed E-state index contributed by atoms with van der Waals surface area (Å²) in [7, 11) is 1.71. The van der Waals surface area contributed by atoms with Crippen LogP contribution in [0.3, 0.4) is 0 Å². The van der Waals surface area contributed by atoms with E-state index < -0.39 is 0 Å². The van der Waals surface area contributed by atoms with E-state index in [-0.39, 0.29) is 23.9 Å². The van der Waals surface area contributed by atoms with Gasteiger partial charge in [-0.15, -0.1) is 11.6 Å². The highest BCUT2D eigenvalue weighted by molar-refractivity contribution is 6.27. The lowest BCUT2D eigenvalue weighted by atomic mass is 9.91. The number of aliphatic hydroxyl groups is 1. The van der Waals surface area contributed by atoms with Crippen molar-refractivity contribution in [3.63, 3.8) is 0 Å². The second-order valence-corrected chi connectivity index (χ2v) is 3.82. The second kappa shape index (κ2) is 4.82. The molecule has 13 heavy (non-hydrogen) atoms. The molecule has 4 heteroatoms. The number of carbonyl (C=O) groups excluding carboxylic acids is 1. The van der Waals surface area contributed by atoms with Crippen LogP contribution in [-0.4, -0.2) is 41.0 Å². The van der Waals surface area contributed by atoms with Gasteiger partial charge in [0.25, 0.3) is 0 Å². The van der Waals surface area contributed by atoms with Crippen LogP contribution in [0.15, 0.2) is 0 Å². The molecule has 0 saturated heterocycles. The van der Waals surface area contributed by atoms with E-state index in [4.69, 9.17) is 11.6 Å². The monoisotopic (exact) mass is 205 g/mol. The maximum Gasteiger partial charge on any atom is 0.237 e. The molecule has 1 aliphatic rings. The van der Waals surface area contributed by atoms with Crippen molar-refractivity contribution in [2.75, 3.05) is 12.9 Å². The van der Waals surface area contributed by atoms with Crippen LogP contribution in [0.25, 0.3) is 0 Å². The van der Waals surface area contributed by atoms with Gasteiger partial charge in [-0.05, 0) is 12.8 Å². The third-order valence-corrected chi connectivity index (χ3v) is 2.93. The van der Waals surface area contributed by atoms with Gasteiger partial charge in [0.05, 0.1) is 12.1 Å². The van der Waals surface area contributed by atoms with Crippen LogP contribution in [-0.2, 0) is 4.79 Å². The molecular weight excluding hydrogens is 190 g/mol. The predicted molar refractivity (Wildman–Crippen MR) is 51.8 cm³/mol. The third kappa shape index (κ3) is 2.58. The summed E-state index contributed by atoms with van der Waals surface area (Å²) < 4.78 is 0. The van der Waals surface area contributed by atoms with Crippen molar-refractivity contribution in [2.24, 2.45) is 0 Å². The normalized spacial score (nSPS) is 28.5. The Kier molecular flexibility index (Phi) is 4.00. The van der Waals surface area contributed by atoms with Crippen molar-refractivity contribution < 1.29 is 9.90 Å². The Bertz CT molecular complexity index is 186. The minimum Gasteiger partial charge on any atom is -0.391 e. The van der Waals surface area contributed by atoms with Gasteiger partial charge in [-0.25, -0.2) is 0 Å². The van der Waals surface area contributed by atoms with E-state index in [9.17, 15) is 9.90 Å². The summed E-state index contributed by atoms with van der Waals surface area (Å²) in [6, 6.07) is -0.0278. The third-order valence-electron chi connectivity index (χ3n) is 2.70. The zero-order valence-electron chi connectivity index (χ0n) is 7.87. The van der Waals surface area contributed by atoms with Crippen LogP contribution in [0.5, 0.6) is 0 Å². The highest BCUT2D eigenvalue weighted by atomic mass is 35.5. The maximum atomic E-state index is 11.2. The molecule has 2 atom stereocenters. The summed E-state index contributed by atoms with van der Waals surface area (Å²) >= 11 is 5.44. The number of rotatable bonds is 2. The quantitative estimate of drug-likeness (QED) is 0.683. The first-order valence-electron chi connectivity index (χ1n) is 4.66. The molecule has 1 aliphatic carbocycles. The predicted octanol–water partition coefficient (Wildman–Crippen LogP) is 0.987. The Balaban J connectivity index is 2.53. The number of likely N-dealkylation sites (N-methyl/N-ethyl adjacent to an activating group) is 1. The fraction of sp³-hybridized carbons (Fsp3) is 0.889. The van der Waals surface area contributed by atoms with Crippen LogP contribution in [0.4, 0.5) is 0 Å². The molecule has 1 fully saturated rings. The fourth-order valence-corrected chi connectivity index (χ4v) is 2.01. The van der Waals surface area contributed by atoms with Gasteiger partial charge >= 0.3 is 0 Å². The zero-order chi connectivity index (χ0) is 9.84. The van der Waals surface area contributed by atoms with Crippen LogP contribution < -0.4 is 0 Å². The van der Waals surface area contributed by atoms with Gasteiger partial charge in [0, 0.05) is 7.05 Å². The molecule has 1 saturated carbocycles. The number of nitrogens with zero attached hydrogens (tertiary/aromatic N) is 1. The topological polar surface area (TPSA) is 40.5 Å². The van der Waals surface area contributed by atoms with Gasteiger partial charge in [0.2, 0.25) is 5.91 Å². The molecule has 1 rings (SSSR count). The molecule has 1 N–H and O–H groups in total. The molecule has 0 radical (unpaired) electrons. The van der Waals surface area contributed by atoms with Gasteiger partial charge in [-0.2, -0.15) is 0 Å². The number of aliphatic hydroxyl groups excluding tert-OH is 1. The van der Waals surface area contributed by atoms with Crippen LogP contribution in [0, 0.1) is 0 Å². The molecular formula is C9H16ClNO2. The number of halogens is 1. The number of alkyl halides is 1. The lowest BCUT2D eigenvalue weighted by Crippen LogP contribution is -2.46. The number of hydrogen-bond acceptors (Lipinski definition) is 2. The summed E-state index contributed by atoms with van der Waals surface area (Å²) in [5.41, 5.74) is 0. The molecule has 0 aromatic rings. The summed E-state index contributed by atoms with van der Waals surface area (Å²) in [5, 5.41) is 9.65. The van der Waals surface area contributed by atoms with Gasteiger partial charge in [-0.1, -0.05) is 12.8 Å². The van der Waals surface area contributed by atoms with E-state index in [1.165, 1.54) is 0 Å². The lowest BCUT2D eigenvalue weighted by Gasteiger charge is -2.34. The Hall–Kier alpha value is -0.280. The van der Waals surface area contributed by atoms with Crippen LogP contribution in [0.2, 0.25) is 0 Å². The van der Waals surface area contributed by atoms with E-state index in [0.717, 1.165) is 25.7 Å². The number of amides is 1. The molecule has 0 bridgehead atoms. The highest BCUT2D eigenvalue weighted by Gasteiger charge is 2.28. The van der Waals surface area contributed by atoms with Crippen LogP contribution in [0.1, 0.15) is 25.7 Å². The molecule has 0 heterocycles. The van der Waals surface area contributed by atoms with E-state index in [1.807, 2.05) is 0 Å². The molecule has 3 nitrogen and oxygen atoms in total. The van der Waals surface area contributed by atoms with Gasteiger partial charge in [0.1, 0.15) is 5.88 Å². The largest absolute Gasteiger partial charge is 0.391 e. The van der Waals surface area contributed by atoms with Crippen LogP contribution >= 0.6 is 11.6 Å². The Morgan fingerprint density at radius 3 is 2.69 bits per heavy atom.